The van der Waals surface area contributed by atoms with E-state index in [0.717, 1.165) is 31.6 Å². The number of benzene rings is 1. The molecule has 0 aliphatic carbocycles. The molecule has 84 valence electrons. The Labute approximate surface area is 92.5 Å². The van der Waals surface area contributed by atoms with Gasteiger partial charge in [0.1, 0.15) is 5.75 Å². The molecule has 1 aromatic rings. The highest BCUT2D eigenvalue weighted by Crippen LogP contribution is 2.28. The number of hydrogen-bond donors (Lipinski definition) is 1. The highest BCUT2D eigenvalue weighted by molar-refractivity contribution is 5.59. The van der Waals surface area contributed by atoms with Crippen LogP contribution in [-0.4, -0.2) is 18.2 Å². The molecule has 0 saturated carbocycles. The average Bonchev–Trinajstić information content (AvgIpc) is 2.21. The SMILES string of the molecule is CCCN(CCC)c1cc(C)ccc1O. The van der Waals surface area contributed by atoms with Crippen molar-refractivity contribution in [3.8, 4) is 5.75 Å². The molecule has 0 unspecified atom stereocenters. The molecule has 0 amide bonds. The third kappa shape index (κ3) is 3.15. The van der Waals surface area contributed by atoms with Crippen LogP contribution in [0, 0.1) is 6.92 Å². The fourth-order valence-corrected chi connectivity index (χ4v) is 1.78. The van der Waals surface area contributed by atoms with E-state index in [2.05, 4.69) is 31.7 Å². The molecule has 2 heteroatoms. The second-order valence-electron chi connectivity index (χ2n) is 3.98. The molecule has 1 N–H and O–H groups in total. The zero-order valence-corrected chi connectivity index (χ0v) is 9.95. The van der Waals surface area contributed by atoms with Crippen molar-refractivity contribution in [2.75, 3.05) is 18.0 Å². The smallest absolute Gasteiger partial charge is 0.138 e. The minimum Gasteiger partial charge on any atom is -0.506 e. The van der Waals surface area contributed by atoms with Crippen LogP contribution in [0.1, 0.15) is 32.3 Å². The number of anilines is 1. The van der Waals surface area contributed by atoms with Gasteiger partial charge in [-0.25, -0.2) is 0 Å². The lowest BCUT2D eigenvalue weighted by Gasteiger charge is -2.24. The number of phenols is 1. The van der Waals surface area contributed by atoms with Gasteiger partial charge in [-0.2, -0.15) is 0 Å². The highest BCUT2D eigenvalue weighted by Gasteiger charge is 2.09. The van der Waals surface area contributed by atoms with Crippen LogP contribution in [0.5, 0.6) is 5.75 Å². The Hall–Kier alpha value is -1.18. The van der Waals surface area contributed by atoms with Crippen molar-refractivity contribution in [2.45, 2.75) is 33.6 Å². The van der Waals surface area contributed by atoms with E-state index in [-0.39, 0.29) is 0 Å². The van der Waals surface area contributed by atoms with Gasteiger partial charge in [0.2, 0.25) is 0 Å². The molecule has 0 bridgehead atoms. The molecule has 0 aliphatic rings. The quantitative estimate of drug-likeness (QED) is 0.800. The predicted molar refractivity (Wildman–Crippen MR) is 65.6 cm³/mol. The summed E-state index contributed by atoms with van der Waals surface area (Å²) in [4.78, 5) is 2.25. The van der Waals surface area contributed by atoms with Crippen molar-refractivity contribution in [3.63, 3.8) is 0 Å². The summed E-state index contributed by atoms with van der Waals surface area (Å²) in [5.74, 6) is 0.391. The van der Waals surface area contributed by atoms with Crippen molar-refractivity contribution >= 4 is 5.69 Å². The number of phenolic OH excluding ortho intramolecular Hbond substituents is 1. The Balaban J connectivity index is 2.93. The van der Waals surface area contributed by atoms with Crippen LogP contribution < -0.4 is 4.90 Å². The van der Waals surface area contributed by atoms with Crippen LogP contribution in [0.2, 0.25) is 0 Å². The second kappa shape index (κ2) is 5.64. The summed E-state index contributed by atoms with van der Waals surface area (Å²) >= 11 is 0. The topological polar surface area (TPSA) is 23.5 Å². The first-order valence-electron chi connectivity index (χ1n) is 5.73. The van der Waals surface area contributed by atoms with Gasteiger partial charge in [-0.05, 0) is 37.5 Å². The van der Waals surface area contributed by atoms with Gasteiger partial charge < -0.3 is 10.0 Å². The van der Waals surface area contributed by atoms with Gasteiger partial charge in [0, 0.05) is 13.1 Å². The van der Waals surface area contributed by atoms with Gasteiger partial charge in [0.25, 0.3) is 0 Å². The van der Waals surface area contributed by atoms with Crippen LogP contribution >= 0.6 is 0 Å². The maximum atomic E-state index is 9.82. The number of hydrogen-bond acceptors (Lipinski definition) is 2. The Morgan fingerprint density at radius 1 is 1.13 bits per heavy atom. The van der Waals surface area contributed by atoms with Crippen molar-refractivity contribution in [1.29, 1.82) is 0 Å². The summed E-state index contributed by atoms with van der Waals surface area (Å²) in [5.41, 5.74) is 2.17. The van der Waals surface area contributed by atoms with Gasteiger partial charge in [-0.3, -0.25) is 0 Å². The molecule has 0 heterocycles. The Morgan fingerprint density at radius 3 is 2.27 bits per heavy atom. The zero-order valence-electron chi connectivity index (χ0n) is 9.95. The monoisotopic (exact) mass is 207 g/mol. The van der Waals surface area contributed by atoms with E-state index in [4.69, 9.17) is 0 Å². The summed E-state index contributed by atoms with van der Waals surface area (Å²) in [5, 5.41) is 9.82. The van der Waals surface area contributed by atoms with Gasteiger partial charge >= 0.3 is 0 Å². The largest absolute Gasteiger partial charge is 0.506 e. The molecule has 1 aromatic carbocycles. The number of aromatic hydroxyl groups is 1. The van der Waals surface area contributed by atoms with E-state index in [1.54, 1.807) is 6.07 Å². The zero-order chi connectivity index (χ0) is 11.3. The van der Waals surface area contributed by atoms with Crippen molar-refractivity contribution in [2.24, 2.45) is 0 Å². The standard InChI is InChI=1S/C13H21NO/c1-4-8-14(9-5-2)12-10-11(3)6-7-13(12)15/h6-7,10,15H,4-5,8-9H2,1-3H3. The van der Waals surface area contributed by atoms with Crippen molar-refractivity contribution < 1.29 is 5.11 Å². The van der Waals surface area contributed by atoms with E-state index in [0.29, 0.717) is 5.75 Å². The summed E-state index contributed by atoms with van der Waals surface area (Å²) in [7, 11) is 0. The van der Waals surface area contributed by atoms with Gasteiger partial charge in [-0.15, -0.1) is 0 Å². The lowest BCUT2D eigenvalue weighted by Crippen LogP contribution is -2.24. The Bertz CT molecular complexity index is 303. The first-order valence-corrected chi connectivity index (χ1v) is 5.73. The molecular formula is C13H21NO. The van der Waals surface area contributed by atoms with E-state index in [9.17, 15) is 5.11 Å². The minimum absolute atomic E-state index is 0.391. The molecule has 0 spiro atoms. The molecule has 0 radical (unpaired) electrons. The van der Waals surface area contributed by atoms with E-state index < -0.39 is 0 Å². The minimum atomic E-state index is 0.391. The van der Waals surface area contributed by atoms with Crippen LogP contribution in [0.4, 0.5) is 5.69 Å². The molecule has 0 aromatic heterocycles. The van der Waals surface area contributed by atoms with E-state index in [1.807, 2.05) is 6.07 Å². The summed E-state index contributed by atoms with van der Waals surface area (Å²) in [6.07, 6.45) is 2.21. The molecule has 0 aliphatic heterocycles. The molecular weight excluding hydrogens is 186 g/mol. The van der Waals surface area contributed by atoms with Crippen molar-refractivity contribution in [3.05, 3.63) is 23.8 Å². The number of aryl methyl sites for hydroxylation is 1. The van der Waals surface area contributed by atoms with E-state index >= 15 is 0 Å². The fourth-order valence-electron chi connectivity index (χ4n) is 1.78. The normalized spacial score (nSPS) is 10.3. The molecule has 15 heavy (non-hydrogen) atoms. The molecule has 0 fully saturated rings. The van der Waals surface area contributed by atoms with Crippen LogP contribution in [0.25, 0.3) is 0 Å². The van der Waals surface area contributed by atoms with Gasteiger partial charge in [-0.1, -0.05) is 19.9 Å². The third-order valence-corrected chi connectivity index (χ3v) is 2.46. The lowest BCUT2D eigenvalue weighted by atomic mass is 10.2. The molecule has 0 atom stereocenters. The second-order valence-corrected chi connectivity index (χ2v) is 3.98. The van der Waals surface area contributed by atoms with Gasteiger partial charge in [0.05, 0.1) is 5.69 Å². The fraction of sp³-hybridized carbons (Fsp3) is 0.538. The summed E-state index contributed by atoms with van der Waals surface area (Å²) in [6, 6.07) is 5.78. The number of rotatable bonds is 5. The first kappa shape index (κ1) is 11.9. The van der Waals surface area contributed by atoms with E-state index in [1.165, 1.54) is 5.56 Å². The lowest BCUT2D eigenvalue weighted by molar-refractivity contribution is 0.473. The van der Waals surface area contributed by atoms with Crippen LogP contribution in [0.3, 0.4) is 0 Å². The highest BCUT2D eigenvalue weighted by atomic mass is 16.3. The summed E-state index contributed by atoms with van der Waals surface area (Å²) < 4.78 is 0. The molecule has 2 nitrogen and oxygen atoms in total. The maximum Gasteiger partial charge on any atom is 0.138 e. The van der Waals surface area contributed by atoms with Crippen LogP contribution in [-0.2, 0) is 0 Å². The van der Waals surface area contributed by atoms with Crippen molar-refractivity contribution in [1.82, 2.24) is 0 Å². The maximum absolute atomic E-state index is 9.82. The molecule has 0 saturated heterocycles. The Morgan fingerprint density at radius 2 is 1.73 bits per heavy atom. The third-order valence-electron chi connectivity index (χ3n) is 2.46. The van der Waals surface area contributed by atoms with Crippen LogP contribution in [0.15, 0.2) is 18.2 Å². The Kier molecular flexibility index (Phi) is 4.47. The first-order chi connectivity index (χ1) is 7.19. The van der Waals surface area contributed by atoms with Gasteiger partial charge in [0.15, 0.2) is 0 Å². The predicted octanol–water partition coefficient (Wildman–Crippen LogP) is 3.33. The molecule has 1 rings (SSSR count). The average molecular weight is 207 g/mol. The summed E-state index contributed by atoms with van der Waals surface area (Å²) in [6.45, 7) is 8.39. The number of nitrogens with zero attached hydrogens (tertiary/aromatic N) is 1.